The largest absolute Gasteiger partial charge is 0.302 e. The van der Waals surface area contributed by atoms with E-state index in [2.05, 4.69) is 24.9 Å². The fraction of sp³-hybridized carbons (Fsp3) is 0.286. The van der Waals surface area contributed by atoms with Gasteiger partial charge in [0.2, 0.25) is 0 Å². The Labute approximate surface area is 111 Å². The highest BCUT2D eigenvalue weighted by molar-refractivity contribution is 7.99. The zero-order chi connectivity index (χ0) is 13.0. The Balaban J connectivity index is 2.58. The van der Waals surface area contributed by atoms with E-state index in [0.717, 1.165) is 34.1 Å². The third kappa shape index (κ3) is 2.27. The summed E-state index contributed by atoms with van der Waals surface area (Å²) < 4.78 is 2.00. The average Bonchev–Trinajstić information content (AvgIpc) is 2.87. The molecule has 18 heavy (non-hydrogen) atoms. The molecule has 0 amide bonds. The SMILES string of the molecule is CCSc1cccc(-n2ccnc2CC)c1C#N. The van der Waals surface area contributed by atoms with Gasteiger partial charge in [0, 0.05) is 23.7 Å². The number of imidazole rings is 1. The summed E-state index contributed by atoms with van der Waals surface area (Å²) in [6.07, 6.45) is 4.54. The quantitative estimate of drug-likeness (QED) is 0.788. The minimum absolute atomic E-state index is 0.733. The van der Waals surface area contributed by atoms with E-state index in [9.17, 15) is 5.26 Å². The lowest BCUT2D eigenvalue weighted by atomic mass is 10.2. The molecule has 0 aliphatic rings. The van der Waals surface area contributed by atoms with E-state index in [0.29, 0.717) is 0 Å². The summed E-state index contributed by atoms with van der Waals surface area (Å²) in [6, 6.07) is 8.28. The molecular weight excluding hydrogens is 242 g/mol. The van der Waals surface area contributed by atoms with Crippen LogP contribution in [0.3, 0.4) is 0 Å². The van der Waals surface area contributed by atoms with Gasteiger partial charge in [-0.25, -0.2) is 4.98 Å². The zero-order valence-corrected chi connectivity index (χ0v) is 11.4. The van der Waals surface area contributed by atoms with E-state index in [1.807, 2.05) is 29.0 Å². The van der Waals surface area contributed by atoms with Gasteiger partial charge in [0.05, 0.1) is 11.3 Å². The molecule has 1 aromatic carbocycles. The van der Waals surface area contributed by atoms with Crippen LogP contribution < -0.4 is 0 Å². The molecule has 0 fully saturated rings. The van der Waals surface area contributed by atoms with Gasteiger partial charge in [0.1, 0.15) is 11.9 Å². The highest BCUT2D eigenvalue weighted by Gasteiger charge is 2.11. The molecule has 0 saturated heterocycles. The molecule has 0 saturated carbocycles. The molecule has 0 aliphatic heterocycles. The normalized spacial score (nSPS) is 10.3. The van der Waals surface area contributed by atoms with Crippen molar-refractivity contribution in [1.29, 1.82) is 5.26 Å². The molecule has 1 aromatic heterocycles. The number of aryl methyl sites for hydroxylation is 1. The highest BCUT2D eigenvalue weighted by atomic mass is 32.2. The van der Waals surface area contributed by atoms with Crippen molar-refractivity contribution >= 4 is 11.8 Å². The first-order chi connectivity index (χ1) is 8.81. The summed E-state index contributed by atoms with van der Waals surface area (Å²) in [6.45, 7) is 4.16. The van der Waals surface area contributed by atoms with Gasteiger partial charge >= 0.3 is 0 Å². The van der Waals surface area contributed by atoms with Crippen molar-refractivity contribution in [3.05, 3.63) is 42.0 Å². The van der Waals surface area contributed by atoms with E-state index in [1.54, 1.807) is 18.0 Å². The Hall–Kier alpha value is -1.73. The molecule has 1 heterocycles. The van der Waals surface area contributed by atoms with Crippen LogP contribution in [-0.2, 0) is 6.42 Å². The van der Waals surface area contributed by atoms with Gasteiger partial charge in [-0.1, -0.05) is 19.9 Å². The van der Waals surface area contributed by atoms with Crippen LogP contribution in [0, 0.1) is 11.3 Å². The van der Waals surface area contributed by atoms with Gasteiger partial charge in [0.25, 0.3) is 0 Å². The van der Waals surface area contributed by atoms with Crippen molar-refractivity contribution in [2.24, 2.45) is 0 Å². The van der Waals surface area contributed by atoms with E-state index in [4.69, 9.17) is 0 Å². The topological polar surface area (TPSA) is 41.6 Å². The lowest BCUT2D eigenvalue weighted by Crippen LogP contribution is -2.02. The Morgan fingerprint density at radius 3 is 2.89 bits per heavy atom. The van der Waals surface area contributed by atoms with Crippen molar-refractivity contribution in [1.82, 2.24) is 9.55 Å². The number of nitrogens with zero attached hydrogens (tertiary/aromatic N) is 3. The predicted octanol–water partition coefficient (Wildman–Crippen LogP) is 3.42. The maximum Gasteiger partial charge on any atom is 0.112 e. The molecule has 0 N–H and O–H groups in total. The van der Waals surface area contributed by atoms with Crippen molar-refractivity contribution in [3.8, 4) is 11.8 Å². The number of nitriles is 1. The maximum atomic E-state index is 9.39. The molecule has 0 unspecified atom stereocenters. The summed E-state index contributed by atoms with van der Waals surface area (Å²) >= 11 is 1.70. The summed E-state index contributed by atoms with van der Waals surface area (Å²) in [4.78, 5) is 5.34. The van der Waals surface area contributed by atoms with Gasteiger partial charge in [0.15, 0.2) is 0 Å². The number of thioether (sulfide) groups is 1. The molecule has 0 bridgehead atoms. The van der Waals surface area contributed by atoms with Gasteiger partial charge in [-0.05, 0) is 17.9 Å². The fourth-order valence-electron chi connectivity index (χ4n) is 1.92. The summed E-state index contributed by atoms with van der Waals surface area (Å²) in [5.41, 5.74) is 1.65. The zero-order valence-electron chi connectivity index (χ0n) is 10.6. The molecule has 92 valence electrons. The summed E-state index contributed by atoms with van der Waals surface area (Å²) in [5, 5.41) is 9.39. The van der Waals surface area contributed by atoms with Crippen LogP contribution >= 0.6 is 11.8 Å². The van der Waals surface area contributed by atoms with Crippen LogP contribution in [0.25, 0.3) is 5.69 Å². The van der Waals surface area contributed by atoms with Crippen molar-refractivity contribution < 1.29 is 0 Å². The first-order valence-electron chi connectivity index (χ1n) is 6.00. The van der Waals surface area contributed by atoms with Crippen molar-refractivity contribution in [2.45, 2.75) is 25.2 Å². The number of benzene rings is 1. The van der Waals surface area contributed by atoms with Crippen LogP contribution in [0.2, 0.25) is 0 Å². The first-order valence-corrected chi connectivity index (χ1v) is 6.98. The number of hydrogen-bond donors (Lipinski definition) is 0. The Bertz CT molecular complexity index is 581. The molecular formula is C14H15N3S. The second kappa shape index (κ2) is 5.74. The Morgan fingerprint density at radius 2 is 2.22 bits per heavy atom. The van der Waals surface area contributed by atoms with E-state index >= 15 is 0 Å². The van der Waals surface area contributed by atoms with Crippen LogP contribution in [0.15, 0.2) is 35.5 Å². The maximum absolute atomic E-state index is 9.39. The minimum atomic E-state index is 0.733. The van der Waals surface area contributed by atoms with Gasteiger partial charge in [-0.15, -0.1) is 11.8 Å². The predicted molar refractivity (Wildman–Crippen MR) is 74.1 cm³/mol. The molecule has 0 spiro atoms. The molecule has 0 aliphatic carbocycles. The number of rotatable bonds is 4. The number of hydrogen-bond acceptors (Lipinski definition) is 3. The Morgan fingerprint density at radius 1 is 1.39 bits per heavy atom. The van der Waals surface area contributed by atoms with Gasteiger partial charge < -0.3 is 4.57 Å². The molecule has 2 aromatic rings. The monoisotopic (exact) mass is 257 g/mol. The van der Waals surface area contributed by atoms with Gasteiger partial charge in [-0.2, -0.15) is 5.26 Å². The fourth-order valence-corrected chi connectivity index (χ4v) is 2.70. The second-order valence-electron chi connectivity index (χ2n) is 3.76. The smallest absolute Gasteiger partial charge is 0.112 e. The first kappa shape index (κ1) is 12.7. The average molecular weight is 257 g/mol. The van der Waals surface area contributed by atoms with Crippen LogP contribution in [0.1, 0.15) is 25.2 Å². The summed E-state index contributed by atoms with van der Waals surface area (Å²) in [7, 11) is 0. The highest BCUT2D eigenvalue weighted by Crippen LogP contribution is 2.27. The Kier molecular flexibility index (Phi) is 4.06. The van der Waals surface area contributed by atoms with Crippen LogP contribution in [0.5, 0.6) is 0 Å². The van der Waals surface area contributed by atoms with Crippen LogP contribution in [-0.4, -0.2) is 15.3 Å². The van der Waals surface area contributed by atoms with Crippen LogP contribution in [0.4, 0.5) is 0 Å². The molecule has 4 heteroatoms. The lowest BCUT2D eigenvalue weighted by molar-refractivity contribution is 0.886. The molecule has 0 radical (unpaired) electrons. The van der Waals surface area contributed by atoms with E-state index < -0.39 is 0 Å². The van der Waals surface area contributed by atoms with Crippen molar-refractivity contribution in [3.63, 3.8) is 0 Å². The molecule has 0 atom stereocenters. The third-order valence-electron chi connectivity index (χ3n) is 2.71. The lowest BCUT2D eigenvalue weighted by Gasteiger charge is -2.11. The van der Waals surface area contributed by atoms with Gasteiger partial charge in [-0.3, -0.25) is 0 Å². The second-order valence-corrected chi connectivity index (χ2v) is 5.07. The van der Waals surface area contributed by atoms with E-state index in [-0.39, 0.29) is 0 Å². The molecule has 3 nitrogen and oxygen atoms in total. The standard InChI is InChI=1S/C14H15N3S/c1-3-14-16-8-9-17(14)12-6-5-7-13(18-4-2)11(12)10-15/h5-9H,3-4H2,1-2H3. The summed E-state index contributed by atoms with van der Waals surface area (Å²) in [5.74, 6) is 1.94. The molecule has 2 rings (SSSR count). The van der Waals surface area contributed by atoms with E-state index in [1.165, 1.54) is 0 Å². The van der Waals surface area contributed by atoms with Crippen molar-refractivity contribution in [2.75, 3.05) is 5.75 Å². The third-order valence-corrected chi connectivity index (χ3v) is 3.65. The minimum Gasteiger partial charge on any atom is -0.302 e. The number of aromatic nitrogens is 2.